The van der Waals surface area contributed by atoms with Crippen LogP contribution in [0, 0.1) is 0 Å². The predicted octanol–water partition coefficient (Wildman–Crippen LogP) is 0.684. The number of hydrogen-bond donors (Lipinski definition) is 1. The molecule has 0 saturated heterocycles. The summed E-state index contributed by atoms with van der Waals surface area (Å²) in [4.78, 5) is 3.44. The second kappa shape index (κ2) is 4.80. The first kappa shape index (κ1) is 13.6. The molecule has 17 heavy (non-hydrogen) atoms. The van der Waals surface area contributed by atoms with Gasteiger partial charge in [0, 0.05) is 0 Å². The number of hydrogen-bond acceptors (Lipinski definition) is 5. The first-order valence-electron chi connectivity index (χ1n) is 4.24. The molecule has 0 radical (unpaired) electrons. The maximum Gasteiger partial charge on any atom is 0.271 e. The molecule has 6 nitrogen and oxygen atoms in total. The van der Waals surface area contributed by atoms with E-state index in [9.17, 15) is 17.2 Å². The molecule has 0 bridgehead atoms. The maximum atomic E-state index is 12.8. The topological polar surface area (TPSA) is 91.5 Å². The number of nitrogens with two attached hydrogens (primary N) is 1. The SMILES string of the molecule is COc1cnc(S(N)(=O)=O)c(OC)c1C(F)F. The van der Waals surface area contributed by atoms with Crippen molar-refractivity contribution in [2.75, 3.05) is 14.2 Å². The number of ether oxygens (including phenoxy) is 2. The molecular weight excluding hydrogens is 258 g/mol. The summed E-state index contributed by atoms with van der Waals surface area (Å²) in [7, 11) is -2.06. The molecule has 0 unspecified atom stereocenters. The molecule has 1 heterocycles. The van der Waals surface area contributed by atoms with E-state index in [-0.39, 0.29) is 5.75 Å². The van der Waals surface area contributed by atoms with Gasteiger partial charge in [-0.15, -0.1) is 0 Å². The Kier molecular flexibility index (Phi) is 3.83. The molecular formula is C8H10F2N2O4S. The van der Waals surface area contributed by atoms with E-state index in [1.807, 2.05) is 0 Å². The average molecular weight is 268 g/mol. The lowest BCUT2D eigenvalue weighted by Gasteiger charge is -2.14. The van der Waals surface area contributed by atoms with Gasteiger partial charge in [-0.3, -0.25) is 0 Å². The first-order valence-corrected chi connectivity index (χ1v) is 5.79. The highest BCUT2D eigenvalue weighted by Crippen LogP contribution is 2.39. The Labute approximate surface area is 96.4 Å². The fourth-order valence-corrected chi connectivity index (χ4v) is 1.89. The molecule has 0 fully saturated rings. The van der Waals surface area contributed by atoms with Crippen molar-refractivity contribution in [3.8, 4) is 11.5 Å². The van der Waals surface area contributed by atoms with Gasteiger partial charge < -0.3 is 9.47 Å². The maximum absolute atomic E-state index is 12.8. The fraction of sp³-hybridized carbons (Fsp3) is 0.375. The first-order chi connectivity index (χ1) is 7.82. The van der Waals surface area contributed by atoms with Crippen LogP contribution < -0.4 is 14.6 Å². The van der Waals surface area contributed by atoms with E-state index in [1.165, 1.54) is 0 Å². The standard InChI is InChI=1S/C8H10F2N2O4S/c1-15-4-3-12-8(17(11,13)14)6(16-2)5(4)7(9)10/h3,7H,1-2H3,(H2,11,13,14). The van der Waals surface area contributed by atoms with Crippen LogP contribution in [0.4, 0.5) is 8.78 Å². The van der Waals surface area contributed by atoms with E-state index in [0.29, 0.717) is 0 Å². The fourth-order valence-electron chi connectivity index (χ4n) is 1.24. The molecule has 0 atom stereocenters. The molecule has 96 valence electrons. The van der Waals surface area contributed by atoms with Crippen LogP contribution in [0.3, 0.4) is 0 Å². The highest BCUT2D eigenvalue weighted by molar-refractivity contribution is 7.89. The molecule has 0 aliphatic rings. The van der Waals surface area contributed by atoms with Gasteiger partial charge >= 0.3 is 0 Å². The van der Waals surface area contributed by atoms with Crippen LogP contribution in [0.5, 0.6) is 11.5 Å². The Bertz CT molecular complexity index is 519. The zero-order valence-corrected chi connectivity index (χ0v) is 9.79. The Balaban J connectivity index is 3.64. The third-order valence-corrected chi connectivity index (χ3v) is 2.74. The van der Waals surface area contributed by atoms with Crippen molar-refractivity contribution in [2.45, 2.75) is 11.5 Å². The number of nitrogens with zero attached hydrogens (tertiary/aromatic N) is 1. The molecule has 1 aromatic heterocycles. The van der Waals surface area contributed by atoms with Crippen molar-refractivity contribution >= 4 is 10.0 Å². The molecule has 1 aromatic rings. The second-order valence-electron chi connectivity index (χ2n) is 2.92. The molecule has 2 N–H and O–H groups in total. The summed E-state index contributed by atoms with van der Waals surface area (Å²) in [6.07, 6.45) is -2.13. The van der Waals surface area contributed by atoms with Gasteiger partial charge in [-0.25, -0.2) is 27.3 Å². The van der Waals surface area contributed by atoms with Crippen molar-refractivity contribution in [1.82, 2.24) is 4.98 Å². The van der Waals surface area contributed by atoms with E-state index >= 15 is 0 Å². The van der Waals surface area contributed by atoms with Gasteiger partial charge in [-0.05, 0) is 0 Å². The predicted molar refractivity (Wildman–Crippen MR) is 53.7 cm³/mol. The summed E-state index contributed by atoms with van der Waals surface area (Å²) < 4.78 is 57.2. The van der Waals surface area contributed by atoms with Crippen LogP contribution >= 0.6 is 0 Å². The summed E-state index contributed by atoms with van der Waals surface area (Å²) in [5, 5.41) is 4.08. The van der Waals surface area contributed by atoms with Gasteiger partial charge in [0.15, 0.2) is 5.75 Å². The van der Waals surface area contributed by atoms with Crippen LogP contribution in [-0.2, 0) is 10.0 Å². The van der Waals surface area contributed by atoms with Crippen molar-refractivity contribution in [3.05, 3.63) is 11.8 Å². The van der Waals surface area contributed by atoms with Crippen molar-refractivity contribution in [3.63, 3.8) is 0 Å². The van der Waals surface area contributed by atoms with Crippen LogP contribution in [0.15, 0.2) is 11.2 Å². The highest BCUT2D eigenvalue weighted by Gasteiger charge is 2.28. The number of methoxy groups -OCH3 is 2. The molecule has 0 amide bonds. The van der Waals surface area contributed by atoms with Crippen molar-refractivity contribution in [2.24, 2.45) is 5.14 Å². The van der Waals surface area contributed by atoms with Gasteiger partial charge in [-0.2, -0.15) is 0 Å². The van der Waals surface area contributed by atoms with E-state index < -0.39 is 32.8 Å². The van der Waals surface area contributed by atoms with Gasteiger partial charge in [0.2, 0.25) is 5.03 Å². The lowest BCUT2D eigenvalue weighted by atomic mass is 10.2. The number of sulfonamides is 1. The second-order valence-corrected chi connectivity index (χ2v) is 4.40. The van der Waals surface area contributed by atoms with Crippen LogP contribution in [0.2, 0.25) is 0 Å². The van der Waals surface area contributed by atoms with Crippen LogP contribution in [0.1, 0.15) is 12.0 Å². The van der Waals surface area contributed by atoms with E-state index in [1.54, 1.807) is 0 Å². The van der Waals surface area contributed by atoms with Crippen LogP contribution in [0.25, 0.3) is 0 Å². The minimum absolute atomic E-state index is 0.274. The van der Waals surface area contributed by atoms with Gasteiger partial charge in [0.1, 0.15) is 11.3 Å². The third kappa shape index (κ3) is 2.61. The van der Waals surface area contributed by atoms with Gasteiger partial charge in [0.25, 0.3) is 16.4 Å². The zero-order valence-electron chi connectivity index (χ0n) is 8.98. The average Bonchev–Trinajstić information content (AvgIpc) is 2.25. The Morgan fingerprint density at radius 3 is 2.29 bits per heavy atom. The Morgan fingerprint density at radius 1 is 1.35 bits per heavy atom. The summed E-state index contributed by atoms with van der Waals surface area (Å²) in [5.41, 5.74) is -0.700. The summed E-state index contributed by atoms with van der Waals surface area (Å²) in [5.74, 6) is -0.883. The van der Waals surface area contributed by atoms with Crippen molar-refractivity contribution in [1.29, 1.82) is 0 Å². The number of rotatable bonds is 4. The number of pyridine rings is 1. The molecule has 0 spiro atoms. The molecule has 0 aliphatic heterocycles. The monoisotopic (exact) mass is 268 g/mol. The van der Waals surface area contributed by atoms with Crippen molar-refractivity contribution < 1.29 is 26.7 Å². The van der Waals surface area contributed by atoms with E-state index in [2.05, 4.69) is 14.5 Å². The number of alkyl halides is 2. The number of primary sulfonamides is 1. The smallest absolute Gasteiger partial charge is 0.271 e. The number of halogens is 2. The summed E-state index contributed by atoms with van der Waals surface area (Å²) in [6.45, 7) is 0. The quantitative estimate of drug-likeness (QED) is 0.867. The van der Waals surface area contributed by atoms with E-state index in [0.717, 1.165) is 20.4 Å². The largest absolute Gasteiger partial charge is 0.494 e. The molecule has 0 aromatic carbocycles. The number of aromatic nitrogens is 1. The zero-order chi connectivity index (χ0) is 13.2. The summed E-state index contributed by atoms with van der Waals surface area (Å²) in [6, 6.07) is 0. The molecule has 0 aliphatic carbocycles. The third-order valence-electron chi connectivity index (χ3n) is 1.92. The minimum atomic E-state index is -4.25. The molecule has 1 rings (SSSR count). The Morgan fingerprint density at radius 2 is 1.94 bits per heavy atom. The Hall–Kier alpha value is -1.48. The lowest BCUT2D eigenvalue weighted by molar-refractivity contribution is 0.141. The molecule has 0 saturated carbocycles. The van der Waals surface area contributed by atoms with Gasteiger partial charge in [0.05, 0.1) is 20.4 Å². The van der Waals surface area contributed by atoms with E-state index in [4.69, 9.17) is 5.14 Å². The summed E-state index contributed by atoms with van der Waals surface area (Å²) >= 11 is 0. The lowest BCUT2D eigenvalue weighted by Crippen LogP contribution is -2.16. The van der Waals surface area contributed by atoms with Gasteiger partial charge in [-0.1, -0.05) is 0 Å². The minimum Gasteiger partial charge on any atom is -0.494 e. The molecule has 9 heteroatoms. The highest BCUT2D eigenvalue weighted by atomic mass is 32.2. The van der Waals surface area contributed by atoms with Crippen LogP contribution in [-0.4, -0.2) is 27.6 Å². The normalized spacial score (nSPS) is 11.6.